The Morgan fingerprint density at radius 2 is 2.33 bits per heavy atom. The van der Waals surface area contributed by atoms with Gasteiger partial charge in [-0.3, -0.25) is 4.79 Å². The van der Waals surface area contributed by atoms with Crippen LogP contribution in [0.5, 0.6) is 0 Å². The number of H-pyrrole nitrogens is 1. The van der Waals surface area contributed by atoms with Crippen molar-refractivity contribution in [1.29, 1.82) is 0 Å². The first-order valence-electron chi connectivity index (χ1n) is 5.53. The number of esters is 1. The number of carbonyl (C=O) groups is 2. The lowest BCUT2D eigenvalue weighted by Gasteiger charge is -2.28. The predicted molar refractivity (Wildman–Crippen MR) is 61.4 cm³/mol. The molecule has 0 saturated heterocycles. The minimum Gasteiger partial charge on any atom is -0.464 e. The fourth-order valence-electron chi connectivity index (χ4n) is 1.62. The van der Waals surface area contributed by atoms with Gasteiger partial charge >= 0.3 is 5.97 Å². The standard InChI is InChI=1S/C11H16FN3O3/c1-3-18-10(17)11(6-12,15-8(2)16)4-9-5-13-7-14-9/h5,7H,3-4,6H2,1-2H3,(H,13,14)(H,15,16). The molecule has 18 heavy (non-hydrogen) atoms. The van der Waals surface area contributed by atoms with Crippen LogP contribution in [0.15, 0.2) is 12.5 Å². The molecule has 0 aliphatic carbocycles. The first kappa shape index (κ1) is 14.1. The normalized spacial score (nSPS) is 13.7. The fourth-order valence-corrected chi connectivity index (χ4v) is 1.62. The van der Waals surface area contributed by atoms with E-state index in [4.69, 9.17) is 4.74 Å². The molecule has 6 nitrogen and oxygen atoms in total. The molecule has 7 heteroatoms. The number of nitrogens with zero attached hydrogens (tertiary/aromatic N) is 1. The molecule has 1 unspecified atom stereocenters. The maximum atomic E-state index is 13.3. The minimum absolute atomic E-state index is 0.0398. The Balaban J connectivity index is 2.96. The molecule has 0 fully saturated rings. The minimum atomic E-state index is -1.70. The van der Waals surface area contributed by atoms with E-state index in [2.05, 4.69) is 15.3 Å². The highest BCUT2D eigenvalue weighted by atomic mass is 19.1. The molecule has 0 saturated carbocycles. The third-order valence-electron chi connectivity index (χ3n) is 2.36. The van der Waals surface area contributed by atoms with Gasteiger partial charge in [0, 0.05) is 25.2 Å². The molecule has 0 aliphatic heterocycles. The van der Waals surface area contributed by atoms with Crippen molar-refractivity contribution in [3.05, 3.63) is 18.2 Å². The van der Waals surface area contributed by atoms with Crippen LogP contribution in [0, 0.1) is 0 Å². The predicted octanol–water partition coefficient (Wildman–Crippen LogP) is 0.360. The highest BCUT2D eigenvalue weighted by molar-refractivity contribution is 5.87. The second kappa shape index (κ2) is 6.13. The van der Waals surface area contributed by atoms with E-state index in [-0.39, 0.29) is 13.0 Å². The van der Waals surface area contributed by atoms with E-state index in [1.807, 2.05) is 0 Å². The summed E-state index contributed by atoms with van der Waals surface area (Å²) in [5.74, 6) is -1.29. The van der Waals surface area contributed by atoms with Gasteiger partial charge in [0.1, 0.15) is 6.67 Å². The number of amides is 1. The largest absolute Gasteiger partial charge is 0.464 e. The van der Waals surface area contributed by atoms with Gasteiger partial charge in [0.05, 0.1) is 12.9 Å². The van der Waals surface area contributed by atoms with E-state index >= 15 is 0 Å². The first-order valence-corrected chi connectivity index (χ1v) is 5.53. The van der Waals surface area contributed by atoms with Crippen LogP contribution >= 0.6 is 0 Å². The summed E-state index contributed by atoms with van der Waals surface area (Å²) in [5, 5.41) is 2.33. The van der Waals surface area contributed by atoms with Crippen LogP contribution in [-0.2, 0) is 20.7 Å². The van der Waals surface area contributed by atoms with Gasteiger partial charge < -0.3 is 15.0 Å². The smallest absolute Gasteiger partial charge is 0.335 e. The maximum absolute atomic E-state index is 13.3. The van der Waals surface area contributed by atoms with Crippen molar-refractivity contribution >= 4 is 11.9 Å². The Morgan fingerprint density at radius 3 is 2.78 bits per heavy atom. The van der Waals surface area contributed by atoms with E-state index in [9.17, 15) is 14.0 Å². The molecule has 1 atom stereocenters. The van der Waals surface area contributed by atoms with Crippen LogP contribution in [0.4, 0.5) is 4.39 Å². The number of nitrogens with one attached hydrogen (secondary N) is 2. The van der Waals surface area contributed by atoms with E-state index in [1.165, 1.54) is 19.4 Å². The molecular weight excluding hydrogens is 241 g/mol. The number of aromatic nitrogens is 2. The number of carbonyl (C=O) groups excluding carboxylic acids is 2. The van der Waals surface area contributed by atoms with Gasteiger partial charge in [-0.15, -0.1) is 0 Å². The van der Waals surface area contributed by atoms with Crippen LogP contribution in [-0.4, -0.2) is 40.7 Å². The van der Waals surface area contributed by atoms with Crippen molar-refractivity contribution in [2.24, 2.45) is 0 Å². The Morgan fingerprint density at radius 1 is 1.61 bits per heavy atom. The van der Waals surface area contributed by atoms with E-state index in [0.717, 1.165) is 0 Å². The van der Waals surface area contributed by atoms with Crippen molar-refractivity contribution in [3.8, 4) is 0 Å². The molecule has 1 aromatic heterocycles. The lowest BCUT2D eigenvalue weighted by molar-refractivity contribution is -0.154. The zero-order chi connectivity index (χ0) is 13.6. The molecule has 0 bridgehead atoms. The Bertz CT molecular complexity index is 408. The van der Waals surface area contributed by atoms with Crippen molar-refractivity contribution in [2.75, 3.05) is 13.3 Å². The van der Waals surface area contributed by atoms with Crippen molar-refractivity contribution in [2.45, 2.75) is 25.8 Å². The summed E-state index contributed by atoms with van der Waals surface area (Å²) >= 11 is 0. The van der Waals surface area contributed by atoms with Crippen LogP contribution in [0.1, 0.15) is 19.5 Å². The van der Waals surface area contributed by atoms with Crippen LogP contribution in [0.2, 0.25) is 0 Å². The Hall–Kier alpha value is -1.92. The number of rotatable bonds is 6. The molecule has 1 amide bonds. The molecule has 1 heterocycles. The zero-order valence-electron chi connectivity index (χ0n) is 10.3. The molecule has 0 radical (unpaired) electrons. The topological polar surface area (TPSA) is 84.1 Å². The monoisotopic (exact) mass is 257 g/mol. The number of imidazole rings is 1. The van der Waals surface area contributed by atoms with Gasteiger partial charge in [0.25, 0.3) is 0 Å². The third-order valence-corrected chi connectivity index (χ3v) is 2.36. The molecule has 1 aromatic rings. The molecular formula is C11H16FN3O3. The zero-order valence-corrected chi connectivity index (χ0v) is 10.3. The number of ether oxygens (including phenoxy) is 1. The summed E-state index contributed by atoms with van der Waals surface area (Å²) < 4.78 is 18.1. The molecule has 100 valence electrons. The van der Waals surface area contributed by atoms with E-state index < -0.39 is 24.1 Å². The number of aromatic amines is 1. The summed E-state index contributed by atoms with van der Waals surface area (Å²) in [7, 11) is 0. The number of hydrogen-bond acceptors (Lipinski definition) is 4. The van der Waals surface area contributed by atoms with E-state index in [0.29, 0.717) is 5.69 Å². The van der Waals surface area contributed by atoms with Crippen molar-refractivity contribution in [1.82, 2.24) is 15.3 Å². The second-order valence-electron chi connectivity index (χ2n) is 3.87. The lowest BCUT2D eigenvalue weighted by Crippen LogP contribution is -2.58. The molecule has 0 spiro atoms. The summed E-state index contributed by atoms with van der Waals surface area (Å²) in [5.41, 5.74) is -1.16. The average Bonchev–Trinajstić information content (AvgIpc) is 2.80. The number of alkyl halides is 1. The first-order chi connectivity index (χ1) is 8.54. The quantitative estimate of drug-likeness (QED) is 0.721. The highest BCUT2D eigenvalue weighted by Crippen LogP contribution is 2.15. The van der Waals surface area contributed by atoms with E-state index in [1.54, 1.807) is 6.92 Å². The van der Waals surface area contributed by atoms with Gasteiger partial charge in [0.15, 0.2) is 5.54 Å². The third kappa shape index (κ3) is 3.28. The fraction of sp³-hybridized carbons (Fsp3) is 0.545. The summed E-state index contributed by atoms with van der Waals surface area (Å²) in [6, 6.07) is 0. The van der Waals surface area contributed by atoms with Gasteiger partial charge in [-0.1, -0.05) is 0 Å². The molecule has 2 N–H and O–H groups in total. The number of hydrogen-bond donors (Lipinski definition) is 2. The summed E-state index contributed by atoms with van der Waals surface area (Å²) in [6.45, 7) is 1.90. The second-order valence-corrected chi connectivity index (χ2v) is 3.87. The summed E-state index contributed by atoms with van der Waals surface area (Å²) in [4.78, 5) is 29.5. The summed E-state index contributed by atoms with van der Waals surface area (Å²) in [6.07, 6.45) is 2.84. The van der Waals surface area contributed by atoms with Gasteiger partial charge in [0.2, 0.25) is 5.91 Å². The lowest BCUT2D eigenvalue weighted by atomic mass is 9.95. The van der Waals surface area contributed by atoms with Crippen molar-refractivity contribution in [3.63, 3.8) is 0 Å². The SMILES string of the molecule is CCOC(=O)C(CF)(Cc1cnc[nH]1)NC(C)=O. The highest BCUT2D eigenvalue weighted by Gasteiger charge is 2.41. The van der Waals surface area contributed by atoms with Crippen LogP contribution in [0.25, 0.3) is 0 Å². The van der Waals surface area contributed by atoms with Gasteiger partial charge in [-0.25, -0.2) is 14.2 Å². The van der Waals surface area contributed by atoms with Gasteiger partial charge in [-0.05, 0) is 6.92 Å². The molecule has 1 rings (SSSR count). The van der Waals surface area contributed by atoms with Crippen LogP contribution in [0.3, 0.4) is 0 Å². The van der Waals surface area contributed by atoms with Gasteiger partial charge in [-0.2, -0.15) is 0 Å². The Kier molecular flexibility index (Phi) is 4.82. The van der Waals surface area contributed by atoms with Crippen molar-refractivity contribution < 1.29 is 18.7 Å². The maximum Gasteiger partial charge on any atom is 0.335 e. The number of halogens is 1. The molecule has 0 aromatic carbocycles. The Labute approximate surface area is 104 Å². The average molecular weight is 257 g/mol. The molecule has 0 aliphatic rings. The van der Waals surface area contributed by atoms with Crippen LogP contribution < -0.4 is 5.32 Å².